The molecule has 0 saturated heterocycles. The molecule has 0 aliphatic rings. The first-order chi connectivity index (χ1) is 12.7. The molecule has 5 nitrogen and oxygen atoms in total. The number of aryl methyl sites for hydroxylation is 1. The molecule has 2 aromatic carbocycles. The summed E-state index contributed by atoms with van der Waals surface area (Å²) in [5.74, 6) is 1.49. The number of hydrogen-bond acceptors (Lipinski definition) is 4. The Hall–Kier alpha value is -2.86. The normalized spacial score (nSPS) is 11.1. The van der Waals surface area contributed by atoms with E-state index < -0.39 is 0 Å². The summed E-state index contributed by atoms with van der Waals surface area (Å²) in [6.07, 6.45) is 0.587. The van der Waals surface area contributed by atoms with Crippen LogP contribution < -0.4 is 5.56 Å². The molecule has 6 heteroatoms. The zero-order valence-corrected chi connectivity index (χ0v) is 15.1. The maximum absolute atomic E-state index is 12.5. The van der Waals surface area contributed by atoms with Crippen LogP contribution in [-0.4, -0.2) is 19.9 Å². The van der Waals surface area contributed by atoms with Crippen LogP contribution in [0.15, 0.2) is 64.5 Å². The second kappa shape index (κ2) is 7.17. The van der Waals surface area contributed by atoms with Crippen molar-refractivity contribution >= 4 is 22.8 Å². The van der Waals surface area contributed by atoms with Crippen molar-refractivity contribution in [1.29, 1.82) is 0 Å². The lowest BCUT2D eigenvalue weighted by atomic mass is 10.1. The van der Waals surface area contributed by atoms with Gasteiger partial charge < -0.3 is 9.97 Å². The van der Waals surface area contributed by atoms with Crippen molar-refractivity contribution < 1.29 is 0 Å². The smallest absolute Gasteiger partial charge is 0.255 e. The minimum Gasteiger partial charge on any atom is -0.341 e. The lowest BCUT2D eigenvalue weighted by Gasteiger charge is -2.07. The number of nitrogens with zero attached hydrogens (tertiary/aromatic N) is 2. The highest BCUT2D eigenvalue weighted by atomic mass is 32.2. The first-order valence-electron chi connectivity index (χ1n) is 8.39. The Kier molecular flexibility index (Phi) is 4.58. The predicted molar refractivity (Wildman–Crippen MR) is 104 cm³/mol. The average molecular weight is 362 g/mol. The summed E-state index contributed by atoms with van der Waals surface area (Å²) >= 11 is 1.47. The van der Waals surface area contributed by atoms with Gasteiger partial charge in [0.2, 0.25) is 0 Å². The van der Waals surface area contributed by atoms with Gasteiger partial charge in [-0.15, -0.1) is 0 Å². The van der Waals surface area contributed by atoms with Gasteiger partial charge in [-0.1, -0.05) is 54.2 Å². The van der Waals surface area contributed by atoms with Gasteiger partial charge in [0.15, 0.2) is 5.16 Å². The summed E-state index contributed by atoms with van der Waals surface area (Å²) < 4.78 is 0. The zero-order valence-electron chi connectivity index (χ0n) is 14.3. The van der Waals surface area contributed by atoms with E-state index in [-0.39, 0.29) is 5.56 Å². The second-order valence-electron chi connectivity index (χ2n) is 6.09. The summed E-state index contributed by atoms with van der Waals surface area (Å²) in [6, 6.07) is 17.9. The standard InChI is InChI=1S/C20H18N4OS/c1-13-15(11-14-7-3-2-4-8-14)19(25)24-20(21-13)26-12-18-22-16-9-5-6-10-17(16)23-18/h2-10H,11-12H2,1H3,(H,22,23)(H,21,24,25). The summed E-state index contributed by atoms with van der Waals surface area (Å²) in [5.41, 5.74) is 4.46. The molecule has 0 bridgehead atoms. The molecule has 0 atom stereocenters. The Balaban J connectivity index is 1.51. The maximum atomic E-state index is 12.5. The van der Waals surface area contributed by atoms with E-state index >= 15 is 0 Å². The van der Waals surface area contributed by atoms with Crippen molar-refractivity contribution in [2.24, 2.45) is 0 Å². The molecule has 2 N–H and O–H groups in total. The van der Waals surface area contributed by atoms with Gasteiger partial charge in [-0.25, -0.2) is 9.97 Å². The summed E-state index contributed by atoms with van der Waals surface area (Å²) in [7, 11) is 0. The second-order valence-corrected chi connectivity index (χ2v) is 7.05. The van der Waals surface area contributed by atoms with E-state index in [1.807, 2.05) is 61.5 Å². The number of aromatic nitrogens is 4. The Morgan fingerprint density at radius 3 is 2.50 bits per heavy atom. The van der Waals surface area contributed by atoms with Crippen molar-refractivity contribution in [1.82, 2.24) is 19.9 Å². The van der Waals surface area contributed by atoms with Crippen LogP contribution in [0.25, 0.3) is 11.0 Å². The molecule has 4 aromatic rings. The molecule has 2 aromatic heterocycles. The van der Waals surface area contributed by atoms with Crippen LogP contribution in [0.3, 0.4) is 0 Å². The molecule has 0 fully saturated rings. The molecular weight excluding hydrogens is 344 g/mol. The van der Waals surface area contributed by atoms with E-state index in [1.165, 1.54) is 11.8 Å². The van der Waals surface area contributed by atoms with Crippen molar-refractivity contribution in [3.63, 3.8) is 0 Å². The third-order valence-electron chi connectivity index (χ3n) is 4.21. The van der Waals surface area contributed by atoms with Crippen LogP contribution >= 0.6 is 11.8 Å². The quantitative estimate of drug-likeness (QED) is 0.418. The number of rotatable bonds is 5. The highest BCUT2D eigenvalue weighted by Crippen LogP contribution is 2.20. The number of fused-ring (bicyclic) bond motifs is 1. The molecule has 0 radical (unpaired) electrons. The van der Waals surface area contributed by atoms with Crippen LogP contribution in [0.4, 0.5) is 0 Å². The van der Waals surface area contributed by atoms with E-state index in [1.54, 1.807) is 0 Å². The summed E-state index contributed by atoms with van der Waals surface area (Å²) in [5, 5.41) is 0.616. The maximum Gasteiger partial charge on any atom is 0.255 e. The predicted octanol–water partition coefficient (Wildman–Crippen LogP) is 3.84. The third-order valence-corrected chi connectivity index (χ3v) is 5.09. The number of imidazole rings is 1. The molecule has 0 unspecified atom stereocenters. The number of nitrogens with one attached hydrogen (secondary N) is 2. The number of thioether (sulfide) groups is 1. The number of aromatic amines is 2. The Morgan fingerprint density at radius 1 is 0.962 bits per heavy atom. The minimum atomic E-state index is -0.0755. The van der Waals surface area contributed by atoms with Gasteiger partial charge in [0.05, 0.1) is 16.8 Å². The lowest BCUT2D eigenvalue weighted by molar-refractivity contribution is 0.865. The van der Waals surface area contributed by atoms with Crippen LogP contribution in [0.5, 0.6) is 0 Å². The number of H-pyrrole nitrogens is 2. The van der Waals surface area contributed by atoms with Gasteiger partial charge >= 0.3 is 0 Å². The zero-order chi connectivity index (χ0) is 17.9. The monoisotopic (exact) mass is 362 g/mol. The van der Waals surface area contributed by atoms with Gasteiger partial charge in [-0.2, -0.15) is 0 Å². The van der Waals surface area contributed by atoms with E-state index in [9.17, 15) is 4.79 Å². The molecule has 2 heterocycles. The Labute approximate surface area is 154 Å². The summed E-state index contributed by atoms with van der Waals surface area (Å²) in [6.45, 7) is 1.89. The topological polar surface area (TPSA) is 74.4 Å². The van der Waals surface area contributed by atoms with Crippen molar-refractivity contribution in [2.75, 3.05) is 0 Å². The van der Waals surface area contributed by atoms with Crippen LogP contribution in [0.1, 0.15) is 22.6 Å². The Bertz CT molecular complexity index is 1070. The highest BCUT2D eigenvalue weighted by molar-refractivity contribution is 7.98. The molecule has 0 amide bonds. The van der Waals surface area contributed by atoms with Crippen LogP contribution in [0, 0.1) is 6.92 Å². The SMILES string of the molecule is Cc1nc(SCc2nc3ccccc3[nH]2)[nH]c(=O)c1Cc1ccccc1. The summed E-state index contributed by atoms with van der Waals surface area (Å²) in [4.78, 5) is 27.8. The van der Waals surface area contributed by atoms with Crippen LogP contribution in [0.2, 0.25) is 0 Å². The fourth-order valence-corrected chi connectivity index (χ4v) is 3.65. The fraction of sp³-hybridized carbons (Fsp3) is 0.150. The van der Waals surface area contributed by atoms with Crippen molar-refractivity contribution in [2.45, 2.75) is 24.3 Å². The van der Waals surface area contributed by atoms with E-state index in [4.69, 9.17) is 0 Å². The fourth-order valence-electron chi connectivity index (χ4n) is 2.87. The first-order valence-corrected chi connectivity index (χ1v) is 9.38. The lowest BCUT2D eigenvalue weighted by Crippen LogP contribution is -2.17. The van der Waals surface area contributed by atoms with Gasteiger partial charge in [-0.3, -0.25) is 4.79 Å². The molecule has 0 aliphatic carbocycles. The minimum absolute atomic E-state index is 0.0755. The number of para-hydroxylation sites is 2. The molecular formula is C20H18N4OS. The molecule has 0 saturated carbocycles. The number of hydrogen-bond donors (Lipinski definition) is 2. The average Bonchev–Trinajstić information content (AvgIpc) is 3.07. The van der Waals surface area contributed by atoms with E-state index in [0.717, 1.165) is 28.1 Å². The third kappa shape index (κ3) is 3.55. The highest BCUT2D eigenvalue weighted by Gasteiger charge is 2.10. The van der Waals surface area contributed by atoms with Gasteiger partial charge in [0, 0.05) is 17.7 Å². The van der Waals surface area contributed by atoms with Gasteiger partial charge in [0.25, 0.3) is 5.56 Å². The number of benzene rings is 2. The Morgan fingerprint density at radius 2 is 1.73 bits per heavy atom. The molecule has 0 spiro atoms. The first kappa shape index (κ1) is 16.6. The largest absolute Gasteiger partial charge is 0.341 e. The molecule has 0 aliphatic heterocycles. The van der Waals surface area contributed by atoms with Gasteiger partial charge in [0.1, 0.15) is 5.82 Å². The van der Waals surface area contributed by atoms with Gasteiger partial charge in [-0.05, 0) is 24.6 Å². The molecule has 4 rings (SSSR count). The van der Waals surface area contributed by atoms with E-state index in [0.29, 0.717) is 22.9 Å². The van der Waals surface area contributed by atoms with Crippen LogP contribution in [-0.2, 0) is 12.2 Å². The molecule has 26 heavy (non-hydrogen) atoms. The molecule has 130 valence electrons. The van der Waals surface area contributed by atoms with Crippen molar-refractivity contribution in [3.05, 3.63) is 87.6 Å². The van der Waals surface area contributed by atoms with Crippen molar-refractivity contribution in [3.8, 4) is 0 Å². The van der Waals surface area contributed by atoms with E-state index in [2.05, 4.69) is 19.9 Å².